The molecular formula is C13H20ClN3O4S. The normalized spacial score (nSPS) is 20.9. The van der Waals surface area contributed by atoms with Crippen molar-refractivity contribution in [1.82, 2.24) is 4.31 Å². The van der Waals surface area contributed by atoms with E-state index in [1.54, 1.807) is 6.92 Å². The number of benzene rings is 1. The van der Waals surface area contributed by atoms with E-state index >= 15 is 0 Å². The van der Waals surface area contributed by atoms with Gasteiger partial charge in [-0.3, -0.25) is 10.1 Å². The van der Waals surface area contributed by atoms with Crippen LogP contribution in [0.2, 0.25) is 0 Å². The molecule has 0 spiro atoms. The molecule has 0 saturated carbocycles. The topological polar surface area (TPSA) is 107 Å². The summed E-state index contributed by atoms with van der Waals surface area (Å²) in [5.74, 6) is 0. The van der Waals surface area contributed by atoms with Crippen LogP contribution in [0.3, 0.4) is 0 Å². The molecule has 0 radical (unpaired) electrons. The number of sulfonamides is 1. The van der Waals surface area contributed by atoms with E-state index < -0.39 is 14.9 Å². The van der Waals surface area contributed by atoms with Gasteiger partial charge in [0.15, 0.2) is 0 Å². The number of piperidine rings is 1. The minimum Gasteiger partial charge on any atom is -0.326 e. The highest BCUT2D eigenvalue weighted by Gasteiger charge is 2.35. The van der Waals surface area contributed by atoms with E-state index in [-0.39, 0.29) is 35.1 Å². The molecule has 9 heteroatoms. The standard InChI is InChI=1S/C13H19N3O4S.ClH/c1-10(14)13-4-2-3-9-15(13)21(19,20)12-7-5-11(6-8-12)16(17)18;/h5-8,10,13H,2-4,9,14H2,1H3;1H. The van der Waals surface area contributed by atoms with Crippen LogP contribution in [0.15, 0.2) is 29.2 Å². The van der Waals surface area contributed by atoms with Crippen molar-refractivity contribution in [3.63, 3.8) is 0 Å². The summed E-state index contributed by atoms with van der Waals surface area (Å²) < 4.78 is 26.8. The summed E-state index contributed by atoms with van der Waals surface area (Å²) in [6.45, 7) is 2.24. The first-order chi connectivity index (χ1) is 9.84. The van der Waals surface area contributed by atoms with Crippen LogP contribution in [0.4, 0.5) is 5.69 Å². The Bertz CT molecular complexity index is 619. The zero-order valence-corrected chi connectivity index (χ0v) is 13.8. The van der Waals surface area contributed by atoms with E-state index in [2.05, 4.69) is 0 Å². The molecule has 2 rings (SSSR count). The molecule has 1 heterocycles. The lowest BCUT2D eigenvalue weighted by Gasteiger charge is -2.36. The molecule has 2 atom stereocenters. The molecule has 2 unspecified atom stereocenters. The van der Waals surface area contributed by atoms with Gasteiger partial charge in [0.1, 0.15) is 0 Å². The molecule has 0 amide bonds. The van der Waals surface area contributed by atoms with Gasteiger partial charge in [0.2, 0.25) is 10.0 Å². The van der Waals surface area contributed by atoms with Crippen molar-refractivity contribution in [3.8, 4) is 0 Å². The molecule has 2 N–H and O–H groups in total. The van der Waals surface area contributed by atoms with Gasteiger partial charge < -0.3 is 5.73 Å². The molecule has 22 heavy (non-hydrogen) atoms. The number of nitro groups is 1. The molecular weight excluding hydrogens is 330 g/mol. The highest BCUT2D eigenvalue weighted by atomic mass is 35.5. The Kier molecular flexibility index (Phi) is 6.30. The Labute approximate surface area is 136 Å². The maximum Gasteiger partial charge on any atom is 0.269 e. The van der Waals surface area contributed by atoms with Crippen LogP contribution < -0.4 is 5.73 Å². The predicted octanol–water partition coefficient (Wildman–Crippen LogP) is 1.91. The summed E-state index contributed by atoms with van der Waals surface area (Å²) >= 11 is 0. The summed E-state index contributed by atoms with van der Waals surface area (Å²) in [5.41, 5.74) is 5.77. The van der Waals surface area contributed by atoms with Gasteiger partial charge in [-0.25, -0.2) is 8.42 Å². The number of nitro benzene ring substituents is 1. The zero-order valence-electron chi connectivity index (χ0n) is 12.2. The molecule has 1 aromatic rings. The second kappa shape index (κ2) is 7.36. The number of nitrogens with two attached hydrogens (primary N) is 1. The largest absolute Gasteiger partial charge is 0.326 e. The fourth-order valence-electron chi connectivity index (χ4n) is 2.63. The molecule has 1 saturated heterocycles. The summed E-state index contributed by atoms with van der Waals surface area (Å²) in [6.07, 6.45) is 2.50. The number of hydrogen-bond donors (Lipinski definition) is 1. The maximum atomic E-state index is 12.7. The summed E-state index contributed by atoms with van der Waals surface area (Å²) in [5, 5.41) is 10.6. The molecule has 0 aliphatic carbocycles. The minimum absolute atomic E-state index is 0. The van der Waals surface area contributed by atoms with Crippen LogP contribution in [0, 0.1) is 10.1 Å². The molecule has 0 bridgehead atoms. The fraction of sp³-hybridized carbons (Fsp3) is 0.538. The van der Waals surface area contributed by atoms with Gasteiger partial charge in [0, 0.05) is 30.8 Å². The molecule has 1 fully saturated rings. The van der Waals surface area contributed by atoms with Gasteiger partial charge >= 0.3 is 0 Å². The van der Waals surface area contributed by atoms with Gasteiger partial charge in [0.25, 0.3) is 5.69 Å². The van der Waals surface area contributed by atoms with E-state index in [1.807, 2.05) is 0 Å². The predicted molar refractivity (Wildman–Crippen MR) is 85.5 cm³/mol. The Hall–Kier alpha value is -1.22. The molecule has 7 nitrogen and oxygen atoms in total. The van der Waals surface area contributed by atoms with Crippen molar-refractivity contribution in [1.29, 1.82) is 0 Å². The SMILES string of the molecule is CC(N)C1CCCCN1S(=O)(=O)c1ccc([N+](=O)[O-])cc1.Cl. The van der Waals surface area contributed by atoms with Crippen molar-refractivity contribution >= 4 is 28.1 Å². The van der Waals surface area contributed by atoms with Gasteiger partial charge in [-0.2, -0.15) is 4.31 Å². The van der Waals surface area contributed by atoms with Crippen molar-refractivity contribution in [2.24, 2.45) is 5.73 Å². The first-order valence-electron chi connectivity index (χ1n) is 6.86. The third kappa shape index (κ3) is 3.75. The fourth-order valence-corrected chi connectivity index (χ4v) is 4.40. The van der Waals surface area contributed by atoms with Crippen LogP contribution in [0.1, 0.15) is 26.2 Å². The van der Waals surface area contributed by atoms with Crippen LogP contribution in [0.25, 0.3) is 0 Å². The molecule has 1 aliphatic heterocycles. The average Bonchev–Trinajstić information content (AvgIpc) is 2.47. The van der Waals surface area contributed by atoms with Gasteiger partial charge in [-0.05, 0) is 31.9 Å². The van der Waals surface area contributed by atoms with Crippen LogP contribution in [0.5, 0.6) is 0 Å². The monoisotopic (exact) mass is 349 g/mol. The highest BCUT2D eigenvalue weighted by Crippen LogP contribution is 2.27. The average molecular weight is 350 g/mol. The summed E-state index contributed by atoms with van der Waals surface area (Å²) in [6, 6.07) is 4.49. The van der Waals surface area contributed by atoms with Gasteiger partial charge in [-0.1, -0.05) is 6.42 Å². The Morgan fingerprint density at radius 2 is 1.91 bits per heavy atom. The van der Waals surface area contributed by atoms with Gasteiger partial charge in [0.05, 0.1) is 9.82 Å². The first kappa shape index (κ1) is 18.8. The third-order valence-electron chi connectivity index (χ3n) is 3.76. The number of hydrogen-bond acceptors (Lipinski definition) is 5. The van der Waals surface area contributed by atoms with Crippen molar-refractivity contribution < 1.29 is 13.3 Å². The number of halogens is 1. The second-order valence-electron chi connectivity index (χ2n) is 5.29. The lowest BCUT2D eigenvalue weighted by atomic mass is 10.00. The summed E-state index contributed by atoms with van der Waals surface area (Å²) in [4.78, 5) is 10.2. The Balaban J connectivity index is 0.00000242. The Morgan fingerprint density at radius 1 is 1.32 bits per heavy atom. The number of rotatable bonds is 4. The summed E-state index contributed by atoms with van der Waals surface area (Å²) in [7, 11) is -3.67. The van der Waals surface area contributed by atoms with Crippen LogP contribution in [-0.4, -0.2) is 36.3 Å². The highest BCUT2D eigenvalue weighted by molar-refractivity contribution is 7.89. The third-order valence-corrected chi connectivity index (χ3v) is 5.70. The molecule has 1 aliphatic rings. The Morgan fingerprint density at radius 3 is 2.41 bits per heavy atom. The minimum atomic E-state index is -3.67. The van der Waals surface area contributed by atoms with Crippen LogP contribution in [-0.2, 0) is 10.0 Å². The lowest BCUT2D eigenvalue weighted by Crippen LogP contribution is -2.51. The maximum absolute atomic E-state index is 12.7. The van der Waals surface area contributed by atoms with E-state index in [1.165, 1.54) is 28.6 Å². The van der Waals surface area contributed by atoms with Crippen molar-refractivity contribution in [2.45, 2.75) is 43.2 Å². The van der Waals surface area contributed by atoms with Crippen molar-refractivity contribution in [2.75, 3.05) is 6.54 Å². The number of non-ortho nitro benzene ring substituents is 1. The number of nitrogens with zero attached hydrogens (tertiary/aromatic N) is 2. The zero-order chi connectivity index (χ0) is 15.6. The van der Waals surface area contributed by atoms with E-state index in [9.17, 15) is 18.5 Å². The van der Waals surface area contributed by atoms with Crippen molar-refractivity contribution in [3.05, 3.63) is 34.4 Å². The molecule has 0 aromatic heterocycles. The van der Waals surface area contributed by atoms with Crippen LogP contribution >= 0.6 is 12.4 Å². The quantitative estimate of drug-likeness (QED) is 0.660. The first-order valence-corrected chi connectivity index (χ1v) is 8.30. The molecule has 124 valence electrons. The second-order valence-corrected chi connectivity index (χ2v) is 7.18. The molecule has 1 aromatic carbocycles. The van der Waals surface area contributed by atoms with Gasteiger partial charge in [-0.15, -0.1) is 12.4 Å². The van der Waals surface area contributed by atoms with E-state index in [4.69, 9.17) is 5.73 Å². The smallest absolute Gasteiger partial charge is 0.269 e. The van der Waals surface area contributed by atoms with E-state index in [0.717, 1.165) is 19.3 Å². The lowest BCUT2D eigenvalue weighted by molar-refractivity contribution is -0.384. The van der Waals surface area contributed by atoms with E-state index in [0.29, 0.717) is 6.54 Å².